The Hall–Kier alpha value is -1.74. The highest BCUT2D eigenvalue weighted by Crippen LogP contribution is 2.25. The Bertz CT molecular complexity index is 813. The van der Waals surface area contributed by atoms with Gasteiger partial charge in [-0.3, -0.25) is 0 Å². The van der Waals surface area contributed by atoms with Crippen molar-refractivity contribution in [2.24, 2.45) is 0 Å². The standard InChI is InChI=1S/C14H9Cl2NO3S/c15-12-6-5-10(7-13(12)16)9-21(18,19)20-14-4-2-1-3-11(14)8-17/h1-7H,9H2. The Kier molecular flexibility index (Phi) is 4.73. The van der Waals surface area contributed by atoms with Crippen LogP contribution in [0.25, 0.3) is 0 Å². The monoisotopic (exact) mass is 341 g/mol. The van der Waals surface area contributed by atoms with Crippen molar-refractivity contribution in [2.75, 3.05) is 0 Å². The van der Waals surface area contributed by atoms with E-state index >= 15 is 0 Å². The Morgan fingerprint density at radius 2 is 1.81 bits per heavy atom. The molecule has 0 bridgehead atoms. The SMILES string of the molecule is N#Cc1ccccc1OS(=O)(=O)Cc1ccc(Cl)c(Cl)c1. The molecule has 2 aromatic carbocycles. The van der Waals surface area contributed by atoms with Crippen LogP contribution >= 0.6 is 23.2 Å². The molecule has 21 heavy (non-hydrogen) atoms. The first-order chi connectivity index (χ1) is 9.91. The highest BCUT2D eigenvalue weighted by atomic mass is 35.5. The van der Waals surface area contributed by atoms with E-state index < -0.39 is 10.1 Å². The van der Waals surface area contributed by atoms with Gasteiger partial charge in [-0.15, -0.1) is 0 Å². The smallest absolute Gasteiger partial charge is 0.313 e. The number of hydrogen-bond acceptors (Lipinski definition) is 4. The maximum Gasteiger partial charge on any atom is 0.313 e. The lowest BCUT2D eigenvalue weighted by Crippen LogP contribution is -2.12. The fourth-order valence-corrected chi connectivity index (χ4v) is 3.02. The van der Waals surface area contributed by atoms with E-state index in [-0.39, 0.29) is 22.1 Å². The van der Waals surface area contributed by atoms with Crippen molar-refractivity contribution in [3.8, 4) is 11.8 Å². The summed E-state index contributed by atoms with van der Waals surface area (Å²) in [5.74, 6) is -0.371. The third kappa shape index (κ3) is 4.11. The predicted octanol–water partition coefficient (Wildman–Crippen LogP) is 3.77. The number of halogens is 2. The van der Waals surface area contributed by atoms with Gasteiger partial charge in [-0.2, -0.15) is 13.7 Å². The molecule has 0 amide bonds. The molecule has 0 unspecified atom stereocenters. The lowest BCUT2D eigenvalue weighted by atomic mass is 10.2. The first-order valence-corrected chi connectivity index (χ1v) is 8.10. The molecule has 0 fully saturated rings. The van der Waals surface area contributed by atoms with Gasteiger partial charge in [0.25, 0.3) is 0 Å². The fraction of sp³-hybridized carbons (Fsp3) is 0.0714. The minimum absolute atomic E-state index is 0.0000560. The first-order valence-electron chi connectivity index (χ1n) is 5.76. The van der Waals surface area contributed by atoms with Crippen LogP contribution in [0.3, 0.4) is 0 Å². The fourth-order valence-electron chi connectivity index (χ4n) is 1.63. The summed E-state index contributed by atoms with van der Waals surface area (Å²) in [6.07, 6.45) is 0. The van der Waals surface area contributed by atoms with E-state index in [2.05, 4.69) is 0 Å². The molecule has 0 N–H and O–H groups in total. The van der Waals surface area contributed by atoms with Crippen LogP contribution in [-0.4, -0.2) is 8.42 Å². The van der Waals surface area contributed by atoms with Crippen LogP contribution in [0.1, 0.15) is 11.1 Å². The molecule has 0 aliphatic rings. The molecule has 108 valence electrons. The third-order valence-electron chi connectivity index (χ3n) is 2.55. The number of rotatable bonds is 4. The molecule has 0 saturated heterocycles. The molecule has 0 radical (unpaired) electrons. The van der Waals surface area contributed by atoms with Crippen molar-refractivity contribution in [3.05, 3.63) is 63.6 Å². The summed E-state index contributed by atoms with van der Waals surface area (Å²) < 4.78 is 29.0. The first kappa shape index (κ1) is 15.6. The molecule has 0 aliphatic carbocycles. The molecule has 0 atom stereocenters. The Morgan fingerprint density at radius 1 is 1.10 bits per heavy atom. The summed E-state index contributed by atoms with van der Waals surface area (Å²) in [4.78, 5) is 0. The van der Waals surface area contributed by atoms with Crippen molar-refractivity contribution in [1.29, 1.82) is 5.26 Å². The number of benzene rings is 2. The molecule has 0 spiro atoms. The molecular weight excluding hydrogens is 333 g/mol. The van der Waals surface area contributed by atoms with Crippen LogP contribution in [0.15, 0.2) is 42.5 Å². The van der Waals surface area contributed by atoms with Crippen molar-refractivity contribution in [1.82, 2.24) is 0 Å². The molecule has 4 nitrogen and oxygen atoms in total. The van der Waals surface area contributed by atoms with Gasteiger partial charge in [0.05, 0.1) is 15.6 Å². The van der Waals surface area contributed by atoms with Gasteiger partial charge in [-0.1, -0.05) is 41.4 Å². The van der Waals surface area contributed by atoms with Gasteiger partial charge in [0.2, 0.25) is 0 Å². The van der Waals surface area contributed by atoms with Crippen LogP contribution < -0.4 is 4.18 Å². The zero-order valence-electron chi connectivity index (χ0n) is 10.6. The summed E-state index contributed by atoms with van der Waals surface area (Å²) in [6, 6.07) is 12.5. The van der Waals surface area contributed by atoms with Crippen molar-refractivity contribution < 1.29 is 12.6 Å². The van der Waals surface area contributed by atoms with E-state index in [1.165, 1.54) is 24.3 Å². The topological polar surface area (TPSA) is 67.2 Å². The quantitative estimate of drug-likeness (QED) is 0.793. The van der Waals surface area contributed by atoms with Gasteiger partial charge >= 0.3 is 10.1 Å². The predicted molar refractivity (Wildman–Crippen MR) is 80.9 cm³/mol. The summed E-state index contributed by atoms with van der Waals surface area (Å²) >= 11 is 11.6. The molecule has 0 heterocycles. The van der Waals surface area contributed by atoms with Gasteiger partial charge in [0, 0.05) is 0 Å². The average molecular weight is 342 g/mol. The van der Waals surface area contributed by atoms with Crippen LogP contribution in [0.2, 0.25) is 10.0 Å². The molecule has 0 aliphatic heterocycles. The lowest BCUT2D eigenvalue weighted by Gasteiger charge is -2.08. The van der Waals surface area contributed by atoms with Gasteiger partial charge in [0.1, 0.15) is 11.8 Å². The van der Waals surface area contributed by atoms with Gasteiger partial charge in [0.15, 0.2) is 5.75 Å². The molecule has 0 aromatic heterocycles. The second kappa shape index (κ2) is 6.35. The summed E-state index contributed by atoms with van der Waals surface area (Å²) in [5.41, 5.74) is 0.592. The van der Waals surface area contributed by atoms with Crippen molar-refractivity contribution in [3.63, 3.8) is 0 Å². The number of para-hydroxylation sites is 1. The molecule has 2 aromatic rings. The Labute approximate surface area is 132 Å². The number of nitrogens with zero attached hydrogens (tertiary/aromatic N) is 1. The summed E-state index contributed by atoms with van der Waals surface area (Å²) in [7, 11) is -3.90. The maximum absolute atomic E-state index is 12.0. The molecule has 2 rings (SSSR count). The van der Waals surface area contributed by atoms with E-state index in [9.17, 15) is 8.42 Å². The highest BCUT2D eigenvalue weighted by Gasteiger charge is 2.17. The van der Waals surface area contributed by atoms with Gasteiger partial charge < -0.3 is 4.18 Å². The van der Waals surface area contributed by atoms with Gasteiger partial charge in [-0.05, 0) is 29.8 Å². The lowest BCUT2D eigenvalue weighted by molar-refractivity contribution is 0.484. The van der Waals surface area contributed by atoms with Crippen LogP contribution in [0, 0.1) is 11.3 Å². The molecule has 0 saturated carbocycles. The summed E-state index contributed by atoms with van der Waals surface area (Å²) in [5, 5.41) is 9.52. The second-order valence-electron chi connectivity index (χ2n) is 4.14. The molecule has 7 heteroatoms. The molecular formula is C14H9Cl2NO3S. The average Bonchev–Trinajstić information content (AvgIpc) is 2.43. The van der Waals surface area contributed by atoms with E-state index in [4.69, 9.17) is 32.6 Å². The Balaban J connectivity index is 2.23. The maximum atomic E-state index is 12.0. The van der Waals surface area contributed by atoms with Crippen molar-refractivity contribution >= 4 is 33.3 Å². The highest BCUT2D eigenvalue weighted by molar-refractivity contribution is 7.86. The largest absolute Gasteiger partial charge is 0.381 e. The number of nitriles is 1. The van der Waals surface area contributed by atoms with Crippen LogP contribution in [0.4, 0.5) is 0 Å². The minimum atomic E-state index is -3.90. The van der Waals surface area contributed by atoms with Crippen molar-refractivity contribution in [2.45, 2.75) is 5.75 Å². The summed E-state index contributed by atoms with van der Waals surface area (Å²) in [6.45, 7) is 0. The van der Waals surface area contributed by atoms with Gasteiger partial charge in [-0.25, -0.2) is 0 Å². The van der Waals surface area contributed by atoms with Crippen LogP contribution in [0.5, 0.6) is 5.75 Å². The van der Waals surface area contributed by atoms with Crippen LogP contribution in [-0.2, 0) is 15.9 Å². The van der Waals surface area contributed by atoms with E-state index in [1.807, 2.05) is 6.07 Å². The Morgan fingerprint density at radius 3 is 2.48 bits per heavy atom. The number of hydrogen-bond donors (Lipinski definition) is 0. The minimum Gasteiger partial charge on any atom is -0.381 e. The zero-order valence-corrected chi connectivity index (χ0v) is 12.9. The van der Waals surface area contributed by atoms with E-state index in [0.29, 0.717) is 10.6 Å². The third-order valence-corrected chi connectivity index (χ3v) is 4.41. The van der Waals surface area contributed by atoms with E-state index in [1.54, 1.807) is 18.2 Å². The second-order valence-corrected chi connectivity index (χ2v) is 6.53. The normalized spacial score (nSPS) is 10.9. The van der Waals surface area contributed by atoms with E-state index in [0.717, 1.165) is 0 Å². The zero-order chi connectivity index (χ0) is 15.5.